The highest BCUT2D eigenvalue weighted by Gasteiger charge is 2.19. The van der Waals surface area contributed by atoms with Gasteiger partial charge in [0.05, 0.1) is 13.2 Å². The molecule has 0 atom stereocenters. The van der Waals surface area contributed by atoms with Gasteiger partial charge in [-0.1, -0.05) is 36.9 Å². The second-order valence-corrected chi connectivity index (χ2v) is 6.84. The molecule has 0 saturated heterocycles. The van der Waals surface area contributed by atoms with E-state index in [1.54, 1.807) is 18.3 Å². The van der Waals surface area contributed by atoms with Gasteiger partial charge in [0.2, 0.25) is 11.8 Å². The first-order chi connectivity index (χ1) is 12.1. The summed E-state index contributed by atoms with van der Waals surface area (Å²) in [5.74, 6) is 0.112. The summed E-state index contributed by atoms with van der Waals surface area (Å²) in [6.45, 7) is 0.218. The molecule has 1 aromatic heterocycles. The number of hydrogen-bond acceptors (Lipinski definition) is 4. The molecule has 0 spiro atoms. The lowest BCUT2D eigenvalue weighted by Crippen LogP contribution is -2.41. The molecule has 1 heterocycles. The molecule has 7 heteroatoms. The summed E-state index contributed by atoms with van der Waals surface area (Å²) >= 11 is 6.03. The minimum absolute atomic E-state index is 0.0660. The lowest BCUT2D eigenvalue weighted by Gasteiger charge is -2.23. The van der Waals surface area contributed by atoms with E-state index >= 15 is 0 Å². The zero-order chi connectivity index (χ0) is 18.1. The van der Waals surface area contributed by atoms with E-state index in [9.17, 15) is 14.7 Å². The average molecular weight is 368 g/mol. The van der Waals surface area contributed by atoms with Gasteiger partial charge in [0, 0.05) is 31.3 Å². The molecule has 6 nitrogen and oxygen atoms in total. The Morgan fingerprint density at radius 1 is 1.32 bits per heavy atom. The van der Waals surface area contributed by atoms with Crippen LogP contribution in [0.25, 0.3) is 0 Å². The molecule has 1 aliphatic carbocycles. The number of amides is 2. The van der Waals surface area contributed by atoms with Crippen LogP contribution in [0, 0.1) is 5.92 Å². The molecule has 2 amide bonds. The first-order valence-corrected chi connectivity index (χ1v) is 9.22. The standard InChI is InChI=1S/C18H26ClN3O3/c19-18-15(7-4-8-20-18)13-22(9-10-23)17(25)12-21-16(24)11-14-5-2-1-3-6-14/h4,7-8,14,23H,1-3,5-6,9-13H2,(H,21,24). The number of carbonyl (C=O) groups excluding carboxylic acids is 2. The molecule has 0 bridgehead atoms. The number of pyridine rings is 1. The van der Waals surface area contributed by atoms with E-state index in [0.717, 1.165) is 12.8 Å². The summed E-state index contributed by atoms with van der Waals surface area (Å²) in [6, 6.07) is 3.53. The van der Waals surface area contributed by atoms with Crippen molar-refractivity contribution in [3.05, 3.63) is 29.0 Å². The van der Waals surface area contributed by atoms with Gasteiger partial charge in [-0.25, -0.2) is 4.98 Å². The summed E-state index contributed by atoms with van der Waals surface area (Å²) < 4.78 is 0. The summed E-state index contributed by atoms with van der Waals surface area (Å²) in [6.07, 6.45) is 7.88. The van der Waals surface area contributed by atoms with Crippen LogP contribution in [-0.4, -0.2) is 46.5 Å². The third kappa shape index (κ3) is 6.63. The van der Waals surface area contributed by atoms with Crippen LogP contribution in [0.1, 0.15) is 44.1 Å². The topological polar surface area (TPSA) is 82.5 Å². The van der Waals surface area contributed by atoms with E-state index in [-0.39, 0.29) is 38.1 Å². The maximum absolute atomic E-state index is 12.4. The zero-order valence-electron chi connectivity index (χ0n) is 14.4. The number of hydrogen-bond donors (Lipinski definition) is 2. The fraction of sp³-hybridized carbons (Fsp3) is 0.611. The first kappa shape index (κ1) is 19.7. The third-order valence-electron chi connectivity index (χ3n) is 4.56. The lowest BCUT2D eigenvalue weighted by atomic mass is 9.87. The monoisotopic (exact) mass is 367 g/mol. The van der Waals surface area contributed by atoms with Gasteiger partial charge in [-0.3, -0.25) is 9.59 Å². The molecule has 1 aromatic rings. The second kappa shape index (κ2) is 10.4. The van der Waals surface area contributed by atoms with Crippen molar-refractivity contribution >= 4 is 23.4 Å². The molecule has 1 fully saturated rings. The van der Waals surface area contributed by atoms with Crippen molar-refractivity contribution in [1.82, 2.24) is 15.2 Å². The van der Waals surface area contributed by atoms with Crippen molar-refractivity contribution in [1.29, 1.82) is 0 Å². The summed E-state index contributed by atoms with van der Waals surface area (Å²) in [5.41, 5.74) is 0.708. The van der Waals surface area contributed by atoms with Gasteiger partial charge in [-0.2, -0.15) is 0 Å². The Balaban J connectivity index is 1.82. The zero-order valence-corrected chi connectivity index (χ0v) is 15.2. The van der Waals surface area contributed by atoms with Crippen molar-refractivity contribution in [2.24, 2.45) is 5.92 Å². The molecular formula is C18H26ClN3O3. The summed E-state index contributed by atoms with van der Waals surface area (Å²) in [7, 11) is 0. The third-order valence-corrected chi connectivity index (χ3v) is 4.90. The van der Waals surface area contributed by atoms with E-state index in [4.69, 9.17) is 11.6 Å². The molecule has 2 N–H and O–H groups in total. The number of aliphatic hydroxyl groups excluding tert-OH is 1. The Labute approximate surface area is 153 Å². The fourth-order valence-corrected chi connectivity index (χ4v) is 3.35. The Kier molecular flexibility index (Phi) is 8.15. The van der Waals surface area contributed by atoms with E-state index in [0.29, 0.717) is 23.1 Å². The minimum Gasteiger partial charge on any atom is -0.395 e. The van der Waals surface area contributed by atoms with Crippen LogP contribution >= 0.6 is 11.6 Å². The van der Waals surface area contributed by atoms with E-state index < -0.39 is 0 Å². The molecule has 1 aliphatic rings. The Morgan fingerprint density at radius 2 is 2.08 bits per heavy atom. The predicted molar refractivity (Wildman–Crippen MR) is 96.0 cm³/mol. The highest BCUT2D eigenvalue weighted by atomic mass is 35.5. The number of aromatic nitrogens is 1. The van der Waals surface area contributed by atoms with Gasteiger partial charge in [0.25, 0.3) is 0 Å². The Bertz CT molecular complexity index is 576. The van der Waals surface area contributed by atoms with Crippen LogP contribution in [0.2, 0.25) is 5.15 Å². The van der Waals surface area contributed by atoms with Crippen LogP contribution in [-0.2, 0) is 16.1 Å². The maximum Gasteiger partial charge on any atom is 0.242 e. The molecule has 2 rings (SSSR count). The molecule has 0 aliphatic heterocycles. The van der Waals surface area contributed by atoms with E-state index in [1.165, 1.54) is 24.2 Å². The van der Waals surface area contributed by atoms with E-state index in [2.05, 4.69) is 10.3 Å². The number of nitrogens with one attached hydrogen (secondary N) is 1. The molecule has 1 saturated carbocycles. The van der Waals surface area contributed by atoms with Gasteiger partial charge in [0.15, 0.2) is 0 Å². The van der Waals surface area contributed by atoms with Crippen molar-refractivity contribution < 1.29 is 14.7 Å². The Morgan fingerprint density at radius 3 is 2.76 bits per heavy atom. The molecule has 0 unspecified atom stereocenters. The fourth-order valence-electron chi connectivity index (χ4n) is 3.17. The first-order valence-electron chi connectivity index (χ1n) is 8.85. The number of carbonyl (C=O) groups is 2. The maximum atomic E-state index is 12.4. The molecule has 0 aromatic carbocycles. The number of halogens is 1. The van der Waals surface area contributed by atoms with Crippen LogP contribution in [0.3, 0.4) is 0 Å². The number of nitrogens with zero attached hydrogens (tertiary/aromatic N) is 2. The van der Waals surface area contributed by atoms with Gasteiger partial charge in [0.1, 0.15) is 5.15 Å². The normalized spacial score (nSPS) is 15.0. The smallest absolute Gasteiger partial charge is 0.242 e. The molecule has 0 radical (unpaired) electrons. The average Bonchev–Trinajstić information content (AvgIpc) is 2.62. The van der Waals surface area contributed by atoms with Crippen molar-refractivity contribution in [3.63, 3.8) is 0 Å². The van der Waals surface area contributed by atoms with Crippen LogP contribution in [0.5, 0.6) is 0 Å². The van der Waals surface area contributed by atoms with Gasteiger partial charge < -0.3 is 15.3 Å². The lowest BCUT2D eigenvalue weighted by molar-refractivity contribution is -0.134. The van der Waals surface area contributed by atoms with Gasteiger partial charge >= 0.3 is 0 Å². The molecule has 25 heavy (non-hydrogen) atoms. The predicted octanol–water partition coefficient (Wildman–Crippen LogP) is 2.14. The summed E-state index contributed by atoms with van der Waals surface area (Å²) in [5, 5.41) is 12.2. The molecule has 138 valence electrons. The summed E-state index contributed by atoms with van der Waals surface area (Å²) in [4.78, 5) is 29.9. The van der Waals surface area contributed by atoms with Crippen molar-refractivity contribution in [2.75, 3.05) is 19.7 Å². The molecular weight excluding hydrogens is 342 g/mol. The van der Waals surface area contributed by atoms with Crippen LogP contribution < -0.4 is 5.32 Å². The van der Waals surface area contributed by atoms with Crippen LogP contribution in [0.15, 0.2) is 18.3 Å². The highest BCUT2D eigenvalue weighted by molar-refractivity contribution is 6.30. The van der Waals surface area contributed by atoms with Crippen molar-refractivity contribution in [3.8, 4) is 0 Å². The van der Waals surface area contributed by atoms with Crippen LogP contribution in [0.4, 0.5) is 0 Å². The Hall–Kier alpha value is -1.66. The quantitative estimate of drug-likeness (QED) is 0.689. The number of rotatable bonds is 8. The van der Waals surface area contributed by atoms with Gasteiger partial charge in [-0.05, 0) is 24.8 Å². The SMILES string of the molecule is O=C(CC1CCCCC1)NCC(=O)N(CCO)Cc1cccnc1Cl. The highest BCUT2D eigenvalue weighted by Crippen LogP contribution is 2.26. The van der Waals surface area contributed by atoms with E-state index in [1.807, 2.05) is 0 Å². The minimum atomic E-state index is -0.244. The number of aliphatic hydroxyl groups is 1. The second-order valence-electron chi connectivity index (χ2n) is 6.48. The van der Waals surface area contributed by atoms with Crippen molar-refractivity contribution in [2.45, 2.75) is 45.1 Å². The largest absolute Gasteiger partial charge is 0.395 e. The van der Waals surface area contributed by atoms with Gasteiger partial charge in [-0.15, -0.1) is 0 Å².